The van der Waals surface area contributed by atoms with Crippen LogP contribution in [0.2, 0.25) is 0 Å². The molecule has 0 radical (unpaired) electrons. The molecule has 0 spiro atoms. The number of aryl methyl sites for hydroxylation is 1. The fraction of sp³-hybridized carbons (Fsp3) is 0.550. The Bertz CT molecular complexity index is 582. The fourth-order valence-electron chi connectivity index (χ4n) is 3.36. The highest BCUT2D eigenvalue weighted by molar-refractivity contribution is 5.69. The number of alkyl carbamates (subject to hydrolysis) is 1. The molecule has 1 aromatic rings. The molecule has 0 saturated carbocycles. The first-order chi connectivity index (χ1) is 11.8. The second kappa shape index (κ2) is 8.76. The number of unbranched alkanes of at least 4 members (excludes halogenated alkanes) is 1. The Labute approximate surface area is 144 Å². The van der Waals surface area contributed by atoms with Gasteiger partial charge in [-0.3, -0.25) is 0 Å². The monoisotopic (exact) mass is 329 g/mol. The molecule has 0 bridgehead atoms. The van der Waals surface area contributed by atoms with E-state index in [4.69, 9.17) is 9.47 Å². The molecular formula is C20H27NO3. The summed E-state index contributed by atoms with van der Waals surface area (Å²) < 4.78 is 11.0. The molecule has 1 unspecified atom stereocenters. The van der Waals surface area contributed by atoms with Crippen LogP contribution in [0.1, 0.15) is 50.5 Å². The number of cyclic esters (lactones) is 1. The van der Waals surface area contributed by atoms with Crippen LogP contribution in [0.25, 0.3) is 0 Å². The maximum absolute atomic E-state index is 11.0. The predicted octanol–water partition coefficient (Wildman–Crippen LogP) is 4.39. The minimum absolute atomic E-state index is 0.191. The second-order valence-corrected chi connectivity index (χ2v) is 6.64. The predicted molar refractivity (Wildman–Crippen MR) is 94.3 cm³/mol. The van der Waals surface area contributed by atoms with Gasteiger partial charge in [-0.2, -0.15) is 0 Å². The molecular weight excluding hydrogens is 302 g/mol. The Kier molecular flexibility index (Phi) is 6.16. The molecule has 1 heterocycles. The highest BCUT2D eigenvalue weighted by Gasteiger charge is 2.23. The Hall–Kier alpha value is -1.97. The van der Waals surface area contributed by atoms with Crippen molar-refractivity contribution in [3.8, 4) is 5.75 Å². The first-order valence-electron chi connectivity index (χ1n) is 9.14. The number of para-hydroxylation sites is 1. The summed E-state index contributed by atoms with van der Waals surface area (Å²) in [5, 5.41) is 2.65. The van der Waals surface area contributed by atoms with Crippen molar-refractivity contribution in [3.05, 3.63) is 41.5 Å². The molecule has 1 aliphatic heterocycles. The number of carbonyl (C=O) groups is 1. The van der Waals surface area contributed by atoms with Gasteiger partial charge in [0.1, 0.15) is 12.4 Å². The standard InChI is InChI=1S/C20H27NO3/c22-20-21-14-18(24-20)15-23-19-13-7-6-12-17(19)11-5-4-10-16-8-2-1-3-9-16/h6-8,12-13,18H,1-5,9-11,14-15H2,(H,21,22). The highest BCUT2D eigenvalue weighted by atomic mass is 16.6. The van der Waals surface area contributed by atoms with Crippen LogP contribution in [0.5, 0.6) is 5.75 Å². The Balaban J connectivity index is 1.43. The molecule has 1 N–H and O–H groups in total. The molecule has 1 amide bonds. The van der Waals surface area contributed by atoms with Gasteiger partial charge in [0.25, 0.3) is 0 Å². The van der Waals surface area contributed by atoms with Gasteiger partial charge in [-0.1, -0.05) is 29.8 Å². The van der Waals surface area contributed by atoms with Crippen LogP contribution in [0, 0.1) is 0 Å². The fourth-order valence-corrected chi connectivity index (χ4v) is 3.36. The summed E-state index contributed by atoms with van der Waals surface area (Å²) >= 11 is 0. The number of carbonyl (C=O) groups excluding carboxylic acids is 1. The van der Waals surface area contributed by atoms with Gasteiger partial charge in [-0.05, 0) is 63.0 Å². The van der Waals surface area contributed by atoms with Crippen LogP contribution >= 0.6 is 0 Å². The van der Waals surface area contributed by atoms with E-state index in [1.54, 1.807) is 5.57 Å². The molecule has 130 valence electrons. The van der Waals surface area contributed by atoms with Crippen LogP contribution in [-0.2, 0) is 11.2 Å². The summed E-state index contributed by atoms with van der Waals surface area (Å²) in [7, 11) is 0. The average molecular weight is 329 g/mol. The van der Waals surface area contributed by atoms with E-state index in [9.17, 15) is 4.79 Å². The maximum atomic E-state index is 11.0. The van der Waals surface area contributed by atoms with Crippen molar-refractivity contribution in [2.45, 2.75) is 57.5 Å². The normalized spacial score (nSPS) is 20.2. The van der Waals surface area contributed by atoms with Gasteiger partial charge in [0.15, 0.2) is 6.10 Å². The third kappa shape index (κ3) is 5.02. The number of rotatable bonds is 8. The summed E-state index contributed by atoms with van der Waals surface area (Å²) in [5.74, 6) is 0.914. The number of hydrogen-bond acceptors (Lipinski definition) is 3. The summed E-state index contributed by atoms with van der Waals surface area (Å²) in [4.78, 5) is 11.0. The minimum Gasteiger partial charge on any atom is -0.489 e. The van der Waals surface area contributed by atoms with Crippen molar-refractivity contribution in [3.63, 3.8) is 0 Å². The van der Waals surface area contributed by atoms with Crippen LogP contribution in [-0.4, -0.2) is 25.3 Å². The molecule has 1 saturated heterocycles. The van der Waals surface area contributed by atoms with Gasteiger partial charge in [-0.25, -0.2) is 4.79 Å². The number of nitrogens with one attached hydrogen (secondary N) is 1. The molecule has 0 aromatic heterocycles. The molecule has 4 heteroatoms. The summed E-state index contributed by atoms with van der Waals surface area (Å²) in [5.41, 5.74) is 2.90. The van der Waals surface area contributed by atoms with E-state index in [-0.39, 0.29) is 12.2 Å². The number of allylic oxidation sites excluding steroid dienone is 2. The highest BCUT2D eigenvalue weighted by Crippen LogP contribution is 2.24. The van der Waals surface area contributed by atoms with Crippen molar-refractivity contribution in [1.29, 1.82) is 0 Å². The lowest BCUT2D eigenvalue weighted by molar-refractivity contribution is 0.104. The van der Waals surface area contributed by atoms with Crippen molar-refractivity contribution in [2.24, 2.45) is 0 Å². The van der Waals surface area contributed by atoms with E-state index < -0.39 is 0 Å². The van der Waals surface area contributed by atoms with Crippen molar-refractivity contribution >= 4 is 6.09 Å². The number of hydrogen-bond donors (Lipinski definition) is 1. The molecule has 1 fully saturated rings. The van der Waals surface area contributed by atoms with Gasteiger partial charge in [-0.15, -0.1) is 0 Å². The second-order valence-electron chi connectivity index (χ2n) is 6.64. The van der Waals surface area contributed by atoms with Gasteiger partial charge in [0.2, 0.25) is 0 Å². The van der Waals surface area contributed by atoms with Crippen LogP contribution in [0.4, 0.5) is 4.79 Å². The minimum atomic E-state index is -0.353. The van der Waals surface area contributed by atoms with Gasteiger partial charge in [0, 0.05) is 0 Å². The van der Waals surface area contributed by atoms with E-state index >= 15 is 0 Å². The van der Waals surface area contributed by atoms with E-state index in [1.165, 1.54) is 50.5 Å². The lowest BCUT2D eigenvalue weighted by Crippen LogP contribution is -2.22. The van der Waals surface area contributed by atoms with Crippen LogP contribution in [0.3, 0.4) is 0 Å². The lowest BCUT2D eigenvalue weighted by atomic mass is 9.94. The van der Waals surface area contributed by atoms with Crippen molar-refractivity contribution in [1.82, 2.24) is 5.32 Å². The molecule has 24 heavy (non-hydrogen) atoms. The Morgan fingerprint density at radius 1 is 1.17 bits per heavy atom. The lowest BCUT2D eigenvalue weighted by Gasteiger charge is -2.14. The topological polar surface area (TPSA) is 47.6 Å². The van der Waals surface area contributed by atoms with E-state index in [1.807, 2.05) is 12.1 Å². The summed E-state index contributed by atoms with van der Waals surface area (Å²) in [6.45, 7) is 0.929. The van der Waals surface area contributed by atoms with E-state index in [0.717, 1.165) is 12.2 Å². The zero-order valence-electron chi connectivity index (χ0n) is 14.3. The summed E-state index contributed by atoms with van der Waals surface area (Å²) in [6, 6.07) is 8.19. The third-order valence-corrected chi connectivity index (χ3v) is 4.72. The molecule has 1 aromatic carbocycles. The molecule has 4 nitrogen and oxygen atoms in total. The first kappa shape index (κ1) is 16.9. The van der Waals surface area contributed by atoms with Crippen molar-refractivity contribution in [2.75, 3.05) is 13.2 Å². The van der Waals surface area contributed by atoms with Gasteiger partial charge < -0.3 is 14.8 Å². The van der Waals surface area contributed by atoms with Crippen molar-refractivity contribution < 1.29 is 14.3 Å². The van der Waals surface area contributed by atoms with Gasteiger partial charge >= 0.3 is 6.09 Å². The van der Waals surface area contributed by atoms with Gasteiger partial charge in [0.05, 0.1) is 6.54 Å². The Morgan fingerprint density at radius 3 is 2.83 bits per heavy atom. The Morgan fingerprint density at radius 2 is 2.04 bits per heavy atom. The van der Waals surface area contributed by atoms with Crippen LogP contribution in [0.15, 0.2) is 35.9 Å². The molecule has 1 aliphatic carbocycles. The smallest absolute Gasteiger partial charge is 0.407 e. The maximum Gasteiger partial charge on any atom is 0.407 e. The molecule has 1 atom stereocenters. The summed E-state index contributed by atoms with van der Waals surface area (Å²) in [6.07, 6.45) is 11.9. The van der Waals surface area contributed by atoms with Crippen LogP contribution < -0.4 is 10.1 Å². The first-order valence-corrected chi connectivity index (χ1v) is 9.14. The number of benzene rings is 1. The molecule has 3 rings (SSSR count). The quantitative estimate of drug-likeness (QED) is 0.568. The zero-order valence-corrected chi connectivity index (χ0v) is 14.3. The average Bonchev–Trinajstić information content (AvgIpc) is 3.04. The third-order valence-electron chi connectivity index (χ3n) is 4.72. The van der Waals surface area contributed by atoms with E-state index in [2.05, 4.69) is 23.5 Å². The molecule has 2 aliphatic rings. The van der Waals surface area contributed by atoms with E-state index in [0.29, 0.717) is 13.2 Å². The number of amides is 1. The number of ether oxygens (including phenoxy) is 2. The zero-order chi connectivity index (χ0) is 16.6. The largest absolute Gasteiger partial charge is 0.489 e. The SMILES string of the molecule is O=C1NCC(COc2ccccc2CCCCC2=CCCCC2)O1.